The second kappa shape index (κ2) is 5.66. The van der Waals surface area contributed by atoms with Crippen molar-refractivity contribution in [1.29, 1.82) is 5.41 Å². The Kier molecular flexibility index (Phi) is 4.16. The molecule has 0 fully saturated rings. The van der Waals surface area contributed by atoms with E-state index < -0.39 is 5.82 Å². The third kappa shape index (κ3) is 3.10. The van der Waals surface area contributed by atoms with Crippen molar-refractivity contribution in [1.82, 2.24) is 4.98 Å². The zero-order valence-corrected chi connectivity index (χ0v) is 12.6. The maximum atomic E-state index is 14.1. The van der Waals surface area contributed by atoms with Crippen molar-refractivity contribution in [3.8, 4) is 11.5 Å². The van der Waals surface area contributed by atoms with Crippen LogP contribution in [0.2, 0.25) is 0 Å². The summed E-state index contributed by atoms with van der Waals surface area (Å²) in [4.78, 5) is 3.92. The normalized spacial score (nSPS) is 10.3. The number of nitrogens with zero attached hydrogens (tertiary/aromatic N) is 1. The van der Waals surface area contributed by atoms with E-state index in [4.69, 9.17) is 15.9 Å². The Labute approximate surface area is 125 Å². The van der Waals surface area contributed by atoms with Crippen LogP contribution in [0.1, 0.15) is 5.56 Å². The highest BCUT2D eigenvalue weighted by Crippen LogP contribution is 2.32. The van der Waals surface area contributed by atoms with E-state index in [1.54, 1.807) is 12.3 Å². The smallest absolute Gasteiger partial charge is 0.180 e. The van der Waals surface area contributed by atoms with Crippen LogP contribution < -0.4 is 10.5 Å². The van der Waals surface area contributed by atoms with E-state index in [1.165, 1.54) is 18.3 Å². The van der Waals surface area contributed by atoms with Gasteiger partial charge in [0.1, 0.15) is 11.6 Å². The van der Waals surface area contributed by atoms with Gasteiger partial charge in [-0.3, -0.25) is 10.4 Å². The molecule has 7 heteroatoms. The van der Waals surface area contributed by atoms with Gasteiger partial charge in [-0.05, 0) is 50.1 Å². The van der Waals surface area contributed by atoms with Crippen molar-refractivity contribution in [2.75, 3.05) is 0 Å². The molecule has 0 radical (unpaired) electrons. The van der Waals surface area contributed by atoms with Crippen LogP contribution >= 0.6 is 31.9 Å². The summed E-state index contributed by atoms with van der Waals surface area (Å²) in [6, 6.07) is 4.59. The lowest BCUT2D eigenvalue weighted by molar-refractivity contribution is 0.438. The van der Waals surface area contributed by atoms with Crippen molar-refractivity contribution in [2.45, 2.75) is 0 Å². The summed E-state index contributed by atoms with van der Waals surface area (Å²) in [6.45, 7) is 0. The number of rotatable bonds is 3. The fraction of sp³-hybridized carbons (Fsp3) is 0. The van der Waals surface area contributed by atoms with Crippen LogP contribution in [0.4, 0.5) is 4.39 Å². The second-order valence-corrected chi connectivity index (χ2v) is 5.30. The Balaban J connectivity index is 2.37. The summed E-state index contributed by atoms with van der Waals surface area (Å²) in [5.41, 5.74) is 5.61. The summed E-state index contributed by atoms with van der Waals surface area (Å²) in [5, 5.41) is 7.32. The largest absolute Gasteiger partial charge is 0.453 e. The molecule has 0 aliphatic carbocycles. The number of aromatic nitrogens is 1. The van der Waals surface area contributed by atoms with Gasteiger partial charge in [-0.1, -0.05) is 0 Å². The zero-order chi connectivity index (χ0) is 14.0. The number of benzene rings is 1. The molecule has 2 rings (SSSR count). The fourth-order valence-electron chi connectivity index (χ4n) is 1.39. The average Bonchev–Trinajstić information content (AvgIpc) is 2.35. The molecule has 0 spiro atoms. The van der Waals surface area contributed by atoms with Gasteiger partial charge in [0.25, 0.3) is 0 Å². The third-order valence-corrected chi connectivity index (χ3v) is 3.45. The Hall–Kier alpha value is -1.47. The van der Waals surface area contributed by atoms with Crippen LogP contribution in [0, 0.1) is 11.2 Å². The first kappa shape index (κ1) is 14.0. The monoisotopic (exact) mass is 387 g/mol. The molecular weight excluding hydrogens is 381 g/mol. The second-order valence-electron chi connectivity index (χ2n) is 3.59. The Morgan fingerprint density at radius 3 is 2.68 bits per heavy atom. The minimum atomic E-state index is -0.618. The molecule has 1 aromatic carbocycles. The standard InChI is InChI=1S/C12H8Br2FN3O/c13-6-3-7(5-18-4-6)19-9-2-1-8(12(16)17)10(14)11(9)15/h1-5H,(H3,16,17). The molecule has 98 valence electrons. The highest BCUT2D eigenvalue weighted by Gasteiger charge is 2.14. The Bertz CT molecular complexity index is 649. The number of hydrogen-bond acceptors (Lipinski definition) is 3. The van der Waals surface area contributed by atoms with Gasteiger partial charge < -0.3 is 10.5 Å². The van der Waals surface area contributed by atoms with Crippen LogP contribution in [0.15, 0.2) is 39.5 Å². The minimum Gasteiger partial charge on any atom is -0.453 e. The molecule has 2 aromatic rings. The van der Waals surface area contributed by atoms with Gasteiger partial charge in [0.2, 0.25) is 0 Å². The van der Waals surface area contributed by atoms with E-state index in [0.717, 1.165) is 4.47 Å². The van der Waals surface area contributed by atoms with Crippen LogP contribution in [0.3, 0.4) is 0 Å². The number of ether oxygens (including phenoxy) is 1. The summed E-state index contributed by atoms with van der Waals surface area (Å²) < 4.78 is 20.3. The van der Waals surface area contributed by atoms with E-state index in [1.807, 2.05) is 0 Å². The van der Waals surface area contributed by atoms with Crippen molar-refractivity contribution in [3.63, 3.8) is 0 Å². The lowest BCUT2D eigenvalue weighted by Crippen LogP contribution is -2.12. The average molecular weight is 389 g/mol. The minimum absolute atomic E-state index is 0.0248. The topological polar surface area (TPSA) is 72.0 Å². The van der Waals surface area contributed by atoms with E-state index in [9.17, 15) is 4.39 Å². The Morgan fingerprint density at radius 1 is 1.32 bits per heavy atom. The number of pyridine rings is 1. The quantitative estimate of drug-likeness (QED) is 0.620. The van der Waals surface area contributed by atoms with Crippen molar-refractivity contribution in [2.24, 2.45) is 5.73 Å². The molecule has 0 saturated carbocycles. The molecule has 0 aliphatic heterocycles. The Morgan fingerprint density at radius 2 is 2.05 bits per heavy atom. The van der Waals surface area contributed by atoms with E-state index in [0.29, 0.717) is 5.75 Å². The van der Waals surface area contributed by atoms with E-state index in [2.05, 4.69) is 36.8 Å². The van der Waals surface area contributed by atoms with Gasteiger partial charge in [0, 0.05) is 16.2 Å². The molecule has 1 aromatic heterocycles. The van der Waals surface area contributed by atoms with Crippen LogP contribution in [0.5, 0.6) is 11.5 Å². The van der Waals surface area contributed by atoms with Gasteiger partial charge >= 0.3 is 0 Å². The predicted octanol–water partition coefficient (Wildman–Crippen LogP) is 3.82. The first-order valence-electron chi connectivity index (χ1n) is 5.10. The molecule has 0 aliphatic rings. The van der Waals surface area contributed by atoms with Gasteiger partial charge in [-0.2, -0.15) is 0 Å². The number of nitrogens with one attached hydrogen (secondary N) is 1. The predicted molar refractivity (Wildman–Crippen MR) is 77.1 cm³/mol. The maximum Gasteiger partial charge on any atom is 0.180 e. The van der Waals surface area contributed by atoms with Crippen molar-refractivity contribution < 1.29 is 9.13 Å². The first-order chi connectivity index (χ1) is 8.99. The summed E-state index contributed by atoms with van der Waals surface area (Å²) >= 11 is 6.31. The molecule has 19 heavy (non-hydrogen) atoms. The van der Waals surface area contributed by atoms with Crippen molar-refractivity contribution >= 4 is 37.7 Å². The lowest BCUT2D eigenvalue weighted by atomic mass is 10.2. The summed E-state index contributed by atoms with van der Waals surface area (Å²) in [5.74, 6) is -0.415. The van der Waals surface area contributed by atoms with Crippen LogP contribution in [-0.4, -0.2) is 10.8 Å². The molecule has 1 heterocycles. The molecule has 0 saturated heterocycles. The van der Waals surface area contributed by atoms with Gasteiger partial charge in [0.05, 0.1) is 10.7 Å². The van der Waals surface area contributed by atoms with E-state index in [-0.39, 0.29) is 21.6 Å². The molecule has 0 unspecified atom stereocenters. The highest BCUT2D eigenvalue weighted by molar-refractivity contribution is 9.10. The molecular formula is C12H8Br2FN3O. The van der Waals surface area contributed by atoms with E-state index >= 15 is 0 Å². The van der Waals surface area contributed by atoms with Gasteiger partial charge in [-0.15, -0.1) is 0 Å². The number of nitrogen functional groups attached to an aromatic ring is 1. The van der Waals surface area contributed by atoms with Gasteiger partial charge in [-0.25, -0.2) is 4.39 Å². The third-order valence-electron chi connectivity index (χ3n) is 2.24. The first-order valence-corrected chi connectivity index (χ1v) is 6.68. The fourth-order valence-corrected chi connectivity index (χ4v) is 2.28. The van der Waals surface area contributed by atoms with Gasteiger partial charge in [0.15, 0.2) is 11.6 Å². The van der Waals surface area contributed by atoms with Crippen LogP contribution in [0.25, 0.3) is 0 Å². The number of hydrogen-bond donors (Lipinski definition) is 2. The number of halogens is 3. The molecule has 0 bridgehead atoms. The molecule has 0 amide bonds. The molecule has 3 N–H and O–H groups in total. The SMILES string of the molecule is N=C(N)c1ccc(Oc2cncc(Br)c2)c(F)c1Br. The zero-order valence-electron chi connectivity index (χ0n) is 9.45. The number of amidine groups is 1. The van der Waals surface area contributed by atoms with Crippen LogP contribution in [-0.2, 0) is 0 Å². The maximum absolute atomic E-state index is 14.1. The van der Waals surface area contributed by atoms with Crippen molar-refractivity contribution in [3.05, 3.63) is 50.9 Å². The highest BCUT2D eigenvalue weighted by atomic mass is 79.9. The summed E-state index contributed by atoms with van der Waals surface area (Å²) in [7, 11) is 0. The molecule has 4 nitrogen and oxygen atoms in total. The summed E-state index contributed by atoms with van der Waals surface area (Å²) in [6.07, 6.45) is 3.06. The number of nitrogens with two attached hydrogens (primary N) is 1. The lowest BCUT2D eigenvalue weighted by Gasteiger charge is -2.10. The molecule has 0 atom stereocenters.